The van der Waals surface area contributed by atoms with E-state index in [1.807, 2.05) is 13.0 Å². The summed E-state index contributed by atoms with van der Waals surface area (Å²) in [5, 5.41) is 5.59. The number of halogens is 1. The smallest absolute Gasteiger partial charge is 0.227 e. The highest BCUT2D eigenvalue weighted by molar-refractivity contribution is 7.89. The van der Waals surface area contributed by atoms with Crippen LogP contribution in [0.1, 0.15) is 12.0 Å². The zero-order chi connectivity index (χ0) is 14.2. The van der Waals surface area contributed by atoms with Crippen LogP contribution in [0.3, 0.4) is 0 Å². The molecule has 7 heteroatoms. The summed E-state index contributed by atoms with van der Waals surface area (Å²) >= 11 is 6.03. The van der Waals surface area contributed by atoms with Crippen molar-refractivity contribution in [3.63, 3.8) is 0 Å². The van der Waals surface area contributed by atoms with Gasteiger partial charge in [0.15, 0.2) is 0 Å². The van der Waals surface area contributed by atoms with Crippen LogP contribution < -0.4 is 10.0 Å². The molecule has 1 aliphatic heterocycles. The predicted octanol–water partition coefficient (Wildman–Crippen LogP) is 1.29. The van der Waals surface area contributed by atoms with Gasteiger partial charge in [0.1, 0.15) is 0 Å². The van der Waals surface area contributed by atoms with Gasteiger partial charge in [-0.25, -0.2) is 13.6 Å². The number of sulfonamides is 1. The van der Waals surface area contributed by atoms with Gasteiger partial charge in [-0.15, -0.1) is 0 Å². The van der Waals surface area contributed by atoms with Gasteiger partial charge in [0, 0.05) is 29.6 Å². The molecule has 0 saturated carbocycles. The lowest BCUT2D eigenvalue weighted by Crippen LogP contribution is -2.27. The molecule has 1 heterocycles. The molecular formula is C12H15ClN2O3S. The first-order valence-electron chi connectivity index (χ1n) is 5.83. The summed E-state index contributed by atoms with van der Waals surface area (Å²) in [5.74, 6) is -0.536. The number of primary sulfonamides is 1. The Morgan fingerprint density at radius 1 is 1.47 bits per heavy atom. The van der Waals surface area contributed by atoms with E-state index in [2.05, 4.69) is 0 Å². The molecular weight excluding hydrogens is 288 g/mol. The van der Waals surface area contributed by atoms with Crippen molar-refractivity contribution in [2.45, 2.75) is 13.3 Å². The van der Waals surface area contributed by atoms with Gasteiger partial charge in [0.2, 0.25) is 15.9 Å². The number of nitrogens with two attached hydrogens (primary N) is 1. The summed E-state index contributed by atoms with van der Waals surface area (Å²) in [6, 6.07) is 5.35. The van der Waals surface area contributed by atoms with Crippen LogP contribution in [0.4, 0.5) is 5.69 Å². The summed E-state index contributed by atoms with van der Waals surface area (Å²) in [6.45, 7) is 2.23. The number of benzene rings is 1. The van der Waals surface area contributed by atoms with E-state index < -0.39 is 10.0 Å². The lowest BCUT2D eigenvalue weighted by molar-refractivity contribution is -0.117. The van der Waals surface area contributed by atoms with Crippen molar-refractivity contribution in [3.8, 4) is 0 Å². The van der Waals surface area contributed by atoms with Crippen LogP contribution in [0.2, 0.25) is 5.02 Å². The second-order valence-corrected chi connectivity index (χ2v) is 6.90. The summed E-state index contributed by atoms with van der Waals surface area (Å²) in [5.41, 5.74) is 1.62. The van der Waals surface area contributed by atoms with Crippen molar-refractivity contribution in [3.05, 3.63) is 28.8 Å². The average Bonchev–Trinajstić information content (AvgIpc) is 2.61. The van der Waals surface area contributed by atoms with E-state index >= 15 is 0 Å². The number of amides is 1. The van der Waals surface area contributed by atoms with Gasteiger partial charge in [-0.3, -0.25) is 4.79 Å². The second-order valence-electron chi connectivity index (χ2n) is 4.84. The Morgan fingerprint density at radius 3 is 2.74 bits per heavy atom. The Morgan fingerprint density at radius 2 is 2.16 bits per heavy atom. The van der Waals surface area contributed by atoms with E-state index in [-0.39, 0.29) is 24.0 Å². The lowest BCUT2D eigenvalue weighted by atomic mass is 10.1. The van der Waals surface area contributed by atoms with Gasteiger partial charge in [0.25, 0.3) is 0 Å². The monoisotopic (exact) mass is 302 g/mol. The zero-order valence-electron chi connectivity index (χ0n) is 10.5. The molecule has 104 valence electrons. The van der Waals surface area contributed by atoms with Crippen LogP contribution in [-0.4, -0.2) is 26.6 Å². The van der Waals surface area contributed by atoms with E-state index in [4.69, 9.17) is 16.7 Å². The van der Waals surface area contributed by atoms with Crippen molar-refractivity contribution in [1.29, 1.82) is 0 Å². The molecule has 1 aromatic rings. The highest BCUT2D eigenvalue weighted by Crippen LogP contribution is 2.29. The molecule has 0 aromatic heterocycles. The van der Waals surface area contributed by atoms with Crippen LogP contribution in [-0.2, 0) is 14.8 Å². The standard InChI is InChI=1S/C12H15ClN2O3S/c1-8-2-3-10(5-11(8)13)15-6-9(4-12(15)16)7-19(14,17)18/h2-3,5,9H,4,6-7H2,1H3,(H2,14,17,18). The molecule has 19 heavy (non-hydrogen) atoms. The number of anilines is 1. The Labute approximate surface area is 117 Å². The first-order chi connectivity index (χ1) is 8.76. The molecule has 1 amide bonds. The Kier molecular flexibility index (Phi) is 3.85. The van der Waals surface area contributed by atoms with Crippen LogP contribution in [0.15, 0.2) is 18.2 Å². The number of carbonyl (C=O) groups is 1. The van der Waals surface area contributed by atoms with Crippen molar-refractivity contribution in [2.75, 3.05) is 17.2 Å². The van der Waals surface area contributed by atoms with Crippen molar-refractivity contribution in [1.82, 2.24) is 0 Å². The Hall–Kier alpha value is -1.11. The highest BCUT2D eigenvalue weighted by atomic mass is 35.5. The first kappa shape index (κ1) is 14.3. The third kappa shape index (κ3) is 3.46. The predicted molar refractivity (Wildman–Crippen MR) is 74.6 cm³/mol. The third-order valence-electron chi connectivity index (χ3n) is 3.14. The van der Waals surface area contributed by atoms with E-state index in [0.717, 1.165) is 5.56 Å². The van der Waals surface area contributed by atoms with Gasteiger partial charge >= 0.3 is 0 Å². The number of carbonyl (C=O) groups excluding carboxylic acids is 1. The molecule has 0 bridgehead atoms. The van der Waals surface area contributed by atoms with E-state index in [0.29, 0.717) is 17.3 Å². The van der Waals surface area contributed by atoms with Crippen LogP contribution in [0, 0.1) is 12.8 Å². The zero-order valence-corrected chi connectivity index (χ0v) is 12.0. The van der Waals surface area contributed by atoms with Crippen LogP contribution in [0.25, 0.3) is 0 Å². The van der Waals surface area contributed by atoms with Gasteiger partial charge in [-0.1, -0.05) is 17.7 Å². The van der Waals surface area contributed by atoms with E-state index in [1.54, 1.807) is 17.0 Å². The van der Waals surface area contributed by atoms with E-state index in [1.165, 1.54) is 0 Å². The van der Waals surface area contributed by atoms with E-state index in [9.17, 15) is 13.2 Å². The van der Waals surface area contributed by atoms with Crippen molar-refractivity contribution in [2.24, 2.45) is 11.1 Å². The Bertz CT molecular complexity index is 615. The molecule has 1 fully saturated rings. The summed E-state index contributed by atoms with van der Waals surface area (Å²) in [6.07, 6.45) is 0.196. The maximum Gasteiger partial charge on any atom is 0.227 e. The minimum absolute atomic E-state index is 0.103. The van der Waals surface area contributed by atoms with Crippen LogP contribution >= 0.6 is 11.6 Å². The number of hydrogen-bond acceptors (Lipinski definition) is 3. The maximum atomic E-state index is 11.9. The molecule has 1 atom stereocenters. The van der Waals surface area contributed by atoms with Crippen molar-refractivity contribution >= 4 is 33.2 Å². The molecule has 1 unspecified atom stereocenters. The SMILES string of the molecule is Cc1ccc(N2CC(CS(N)(=O)=O)CC2=O)cc1Cl. The number of aryl methyl sites for hydroxylation is 1. The fourth-order valence-electron chi connectivity index (χ4n) is 2.22. The highest BCUT2D eigenvalue weighted by Gasteiger charge is 2.32. The first-order valence-corrected chi connectivity index (χ1v) is 7.92. The minimum atomic E-state index is -3.56. The van der Waals surface area contributed by atoms with Crippen molar-refractivity contribution < 1.29 is 13.2 Å². The number of rotatable bonds is 3. The molecule has 1 saturated heterocycles. The fourth-order valence-corrected chi connectivity index (χ4v) is 3.28. The molecule has 1 aliphatic rings. The molecule has 2 rings (SSSR count). The Balaban J connectivity index is 2.18. The normalized spacial score (nSPS) is 20.1. The fraction of sp³-hybridized carbons (Fsp3) is 0.417. The van der Waals surface area contributed by atoms with Gasteiger partial charge in [-0.2, -0.15) is 0 Å². The minimum Gasteiger partial charge on any atom is -0.312 e. The summed E-state index contributed by atoms with van der Waals surface area (Å²) in [4.78, 5) is 13.5. The largest absolute Gasteiger partial charge is 0.312 e. The van der Waals surface area contributed by atoms with Gasteiger partial charge in [0.05, 0.1) is 5.75 Å². The quantitative estimate of drug-likeness (QED) is 0.913. The summed E-state index contributed by atoms with van der Waals surface area (Å²) < 4.78 is 22.1. The molecule has 0 aliphatic carbocycles. The summed E-state index contributed by atoms with van der Waals surface area (Å²) in [7, 11) is -3.56. The maximum absolute atomic E-state index is 11.9. The molecule has 0 radical (unpaired) electrons. The second kappa shape index (κ2) is 5.11. The lowest BCUT2D eigenvalue weighted by Gasteiger charge is -2.17. The number of nitrogens with zero attached hydrogens (tertiary/aromatic N) is 1. The van der Waals surface area contributed by atoms with Crippen LogP contribution in [0.5, 0.6) is 0 Å². The third-order valence-corrected chi connectivity index (χ3v) is 4.48. The number of hydrogen-bond donors (Lipinski definition) is 1. The molecule has 0 spiro atoms. The molecule has 5 nitrogen and oxygen atoms in total. The molecule has 2 N–H and O–H groups in total. The van der Waals surface area contributed by atoms with Gasteiger partial charge < -0.3 is 4.90 Å². The topological polar surface area (TPSA) is 80.5 Å². The average molecular weight is 303 g/mol. The molecule has 1 aromatic carbocycles. The van der Waals surface area contributed by atoms with Gasteiger partial charge in [-0.05, 0) is 24.6 Å².